The molecular formula is C19H17F2NO5. The van der Waals surface area contributed by atoms with Gasteiger partial charge in [0.2, 0.25) is 0 Å². The van der Waals surface area contributed by atoms with Crippen LogP contribution in [0.3, 0.4) is 0 Å². The number of esters is 1. The average molecular weight is 377 g/mol. The predicted molar refractivity (Wildman–Crippen MR) is 94.0 cm³/mol. The number of anilines is 1. The molecule has 6 nitrogen and oxygen atoms in total. The van der Waals surface area contributed by atoms with E-state index in [4.69, 9.17) is 14.2 Å². The van der Waals surface area contributed by atoms with Crippen LogP contribution < -0.4 is 14.8 Å². The number of benzene rings is 2. The zero-order valence-electron chi connectivity index (χ0n) is 14.5. The number of carbonyl (C=O) groups excluding carboxylic acids is 2. The summed E-state index contributed by atoms with van der Waals surface area (Å²) in [6.45, 7) is 3.17. The molecule has 0 saturated carbocycles. The summed E-state index contributed by atoms with van der Waals surface area (Å²) in [6.07, 6.45) is 1.56. The third-order valence-electron chi connectivity index (χ3n) is 3.24. The van der Waals surface area contributed by atoms with E-state index in [-0.39, 0.29) is 17.9 Å². The maximum atomic E-state index is 13.1. The molecule has 142 valence electrons. The third-order valence-corrected chi connectivity index (χ3v) is 3.24. The van der Waals surface area contributed by atoms with Crippen molar-refractivity contribution in [1.82, 2.24) is 0 Å². The number of amides is 1. The van der Waals surface area contributed by atoms with Gasteiger partial charge < -0.3 is 19.5 Å². The summed E-state index contributed by atoms with van der Waals surface area (Å²) in [5.74, 6) is -2.47. The van der Waals surface area contributed by atoms with Crippen LogP contribution in [0.5, 0.6) is 11.5 Å². The molecule has 0 fully saturated rings. The Morgan fingerprint density at radius 3 is 2.44 bits per heavy atom. The van der Waals surface area contributed by atoms with Crippen LogP contribution in [0.15, 0.2) is 49.1 Å². The molecule has 0 radical (unpaired) electrons. The Morgan fingerprint density at radius 1 is 1.11 bits per heavy atom. The van der Waals surface area contributed by atoms with Crippen molar-refractivity contribution < 1.29 is 32.6 Å². The molecule has 8 heteroatoms. The van der Waals surface area contributed by atoms with Gasteiger partial charge in [-0.2, -0.15) is 0 Å². The van der Waals surface area contributed by atoms with Gasteiger partial charge in [0.25, 0.3) is 5.91 Å². The molecule has 0 saturated heterocycles. The summed E-state index contributed by atoms with van der Waals surface area (Å²) in [7, 11) is 1.41. The lowest BCUT2D eigenvalue weighted by Gasteiger charge is -2.11. The fourth-order valence-electron chi connectivity index (χ4n) is 2.10. The van der Waals surface area contributed by atoms with Crippen LogP contribution in [-0.2, 0) is 9.53 Å². The minimum absolute atomic E-state index is 0.0843. The lowest BCUT2D eigenvalue weighted by Crippen LogP contribution is -2.21. The van der Waals surface area contributed by atoms with Crippen LogP contribution in [0.25, 0.3) is 0 Å². The molecule has 0 spiro atoms. The molecule has 0 atom stereocenters. The molecule has 0 bridgehead atoms. The highest BCUT2D eigenvalue weighted by atomic mass is 19.1. The van der Waals surface area contributed by atoms with Crippen molar-refractivity contribution in [2.24, 2.45) is 0 Å². The molecule has 1 amide bonds. The number of carbonyl (C=O) groups is 2. The van der Waals surface area contributed by atoms with Gasteiger partial charge in [-0.05, 0) is 30.3 Å². The summed E-state index contributed by atoms with van der Waals surface area (Å²) in [5, 5.41) is 2.23. The average Bonchev–Trinajstić information content (AvgIpc) is 2.63. The highest BCUT2D eigenvalue weighted by Crippen LogP contribution is 2.28. The van der Waals surface area contributed by atoms with Gasteiger partial charge in [-0.1, -0.05) is 12.7 Å². The van der Waals surface area contributed by atoms with Crippen molar-refractivity contribution in [2.75, 3.05) is 25.6 Å². The number of nitrogens with one attached hydrogen (secondary N) is 1. The minimum Gasteiger partial charge on any atom is -0.493 e. The van der Waals surface area contributed by atoms with E-state index in [0.29, 0.717) is 17.6 Å². The van der Waals surface area contributed by atoms with Crippen LogP contribution in [0, 0.1) is 11.6 Å². The van der Waals surface area contributed by atoms with Crippen molar-refractivity contribution in [3.8, 4) is 11.5 Å². The fourth-order valence-corrected chi connectivity index (χ4v) is 2.10. The summed E-state index contributed by atoms with van der Waals surface area (Å²) < 4.78 is 41.6. The molecule has 27 heavy (non-hydrogen) atoms. The van der Waals surface area contributed by atoms with Crippen molar-refractivity contribution in [3.63, 3.8) is 0 Å². The van der Waals surface area contributed by atoms with E-state index >= 15 is 0 Å². The van der Waals surface area contributed by atoms with E-state index in [0.717, 1.165) is 12.1 Å². The molecule has 0 aliphatic heterocycles. The van der Waals surface area contributed by atoms with Crippen LogP contribution in [0.2, 0.25) is 0 Å². The second-order valence-electron chi connectivity index (χ2n) is 5.25. The summed E-state index contributed by atoms with van der Waals surface area (Å²) in [6, 6.07) is 6.93. The summed E-state index contributed by atoms with van der Waals surface area (Å²) in [4.78, 5) is 23.8. The molecule has 0 unspecified atom stereocenters. The number of ether oxygens (including phenoxy) is 3. The van der Waals surface area contributed by atoms with Crippen LogP contribution in [0.4, 0.5) is 14.5 Å². The quantitative estimate of drug-likeness (QED) is 0.564. The minimum atomic E-state index is -0.840. The van der Waals surface area contributed by atoms with Gasteiger partial charge >= 0.3 is 5.97 Å². The Kier molecular flexibility index (Phi) is 6.87. The lowest BCUT2D eigenvalue weighted by molar-refractivity contribution is -0.119. The maximum absolute atomic E-state index is 13.1. The van der Waals surface area contributed by atoms with Gasteiger partial charge in [-0.3, -0.25) is 4.79 Å². The van der Waals surface area contributed by atoms with Crippen molar-refractivity contribution in [3.05, 3.63) is 66.3 Å². The van der Waals surface area contributed by atoms with E-state index in [9.17, 15) is 18.4 Å². The molecular weight excluding hydrogens is 360 g/mol. The van der Waals surface area contributed by atoms with E-state index < -0.39 is 30.1 Å². The fraction of sp³-hybridized carbons (Fsp3) is 0.158. The lowest BCUT2D eigenvalue weighted by atomic mass is 10.2. The van der Waals surface area contributed by atoms with Crippen molar-refractivity contribution in [2.45, 2.75) is 0 Å². The Bertz CT molecular complexity index is 834. The normalized spacial score (nSPS) is 10.0. The topological polar surface area (TPSA) is 73.9 Å². The Balaban J connectivity index is 1.96. The Hall–Kier alpha value is -3.42. The molecule has 2 aromatic carbocycles. The molecule has 0 aliphatic carbocycles. The standard InChI is InChI=1S/C19H17F2NO5/c1-3-6-26-16-5-4-12(7-17(16)25-2)19(24)27-11-18(23)22-15-9-13(20)8-14(21)10-15/h3-5,7-10H,1,6,11H2,2H3,(H,22,23). The summed E-state index contributed by atoms with van der Waals surface area (Å²) in [5.41, 5.74) is 0.0568. The largest absolute Gasteiger partial charge is 0.493 e. The van der Waals surface area contributed by atoms with Crippen LogP contribution in [-0.4, -0.2) is 32.2 Å². The number of rotatable bonds is 8. The van der Waals surface area contributed by atoms with Gasteiger partial charge in [0, 0.05) is 11.8 Å². The second-order valence-corrected chi connectivity index (χ2v) is 5.25. The van der Waals surface area contributed by atoms with E-state index in [1.807, 2.05) is 0 Å². The van der Waals surface area contributed by atoms with E-state index in [2.05, 4.69) is 11.9 Å². The SMILES string of the molecule is C=CCOc1ccc(C(=O)OCC(=O)Nc2cc(F)cc(F)c2)cc1OC. The third kappa shape index (κ3) is 5.81. The zero-order valence-corrected chi connectivity index (χ0v) is 14.5. The first kappa shape index (κ1) is 19.9. The van der Waals surface area contributed by atoms with Gasteiger partial charge in [0.05, 0.1) is 12.7 Å². The molecule has 1 N–H and O–H groups in total. The van der Waals surface area contributed by atoms with Crippen LogP contribution >= 0.6 is 0 Å². The molecule has 2 aromatic rings. The van der Waals surface area contributed by atoms with Crippen LogP contribution in [0.1, 0.15) is 10.4 Å². The first-order valence-electron chi connectivity index (χ1n) is 7.77. The first-order chi connectivity index (χ1) is 12.9. The van der Waals surface area contributed by atoms with E-state index in [1.54, 1.807) is 6.08 Å². The molecule has 0 aromatic heterocycles. The van der Waals surface area contributed by atoms with E-state index in [1.165, 1.54) is 25.3 Å². The number of hydrogen-bond acceptors (Lipinski definition) is 5. The first-order valence-corrected chi connectivity index (χ1v) is 7.77. The number of methoxy groups -OCH3 is 1. The highest BCUT2D eigenvalue weighted by Gasteiger charge is 2.14. The highest BCUT2D eigenvalue weighted by molar-refractivity contribution is 5.95. The zero-order chi connectivity index (χ0) is 19.8. The number of halogens is 2. The molecule has 0 aliphatic rings. The van der Waals surface area contributed by atoms with Gasteiger partial charge in [-0.25, -0.2) is 13.6 Å². The van der Waals surface area contributed by atoms with Gasteiger partial charge in [0.15, 0.2) is 18.1 Å². The second kappa shape index (κ2) is 9.33. The van der Waals surface area contributed by atoms with Gasteiger partial charge in [-0.15, -0.1) is 0 Å². The number of hydrogen-bond donors (Lipinski definition) is 1. The molecule has 2 rings (SSSR count). The predicted octanol–water partition coefficient (Wildman–Crippen LogP) is 3.33. The summed E-state index contributed by atoms with van der Waals surface area (Å²) >= 11 is 0. The molecule has 0 heterocycles. The van der Waals surface area contributed by atoms with Crippen molar-refractivity contribution in [1.29, 1.82) is 0 Å². The Labute approximate surface area is 154 Å². The maximum Gasteiger partial charge on any atom is 0.338 e. The smallest absolute Gasteiger partial charge is 0.338 e. The van der Waals surface area contributed by atoms with Gasteiger partial charge in [0.1, 0.15) is 18.2 Å². The van der Waals surface area contributed by atoms with Crippen molar-refractivity contribution >= 4 is 17.6 Å². The Morgan fingerprint density at radius 2 is 1.81 bits per heavy atom. The monoisotopic (exact) mass is 377 g/mol.